The summed E-state index contributed by atoms with van der Waals surface area (Å²) in [6.45, 7) is 2.46. The third-order valence-electron chi connectivity index (χ3n) is 7.62. The molecule has 0 bridgehead atoms. The van der Waals surface area contributed by atoms with Gasteiger partial charge in [0.2, 0.25) is 5.91 Å². The number of hydrogen-bond donors (Lipinski definition) is 2. The minimum Gasteiger partial charge on any atom is -0.377 e. The smallest absolute Gasteiger partial charge is 0.323 e. The van der Waals surface area contributed by atoms with Crippen molar-refractivity contribution in [3.63, 3.8) is 0 Å². The minimum absolute atomic E-state index is 0.0164. The number of carbonyl (C=O) groups is 2. The van der Waals surface area contributed by atoms with Gasteiger partial charge in [-0.25, -0.2) is 14.2 Å². The maximum absolute atomic E-state index is 15.1. The van der Waals surface area contributed by atoms with Crippen molar-refractivity contribution in [3.05, 3.63) is 88.3 Å². The molecule has 1 aliphatic heterocycles. The second-order valence-electron chi connectivity index (χ2n) is 10.5. The molecule has 1 aliphatic carbocycles. The number of carbonyl (C=O) groups excluding carboxylic acids is 2. The van der Waals surface area contributed by atoms with Gasteiger partial charge in [-0.3, -0.25) is 15.0 Å². The van der Waals surface area contributed by atoms with Crippen LogP contribution in [0.3, 0.4) is 0 Å². The molecular weight excluding hydrogens is 559 g/mol. The number of nitrogens with one attached hydrogen (secondary N) is 2. The van der Waals surface area contributed by atoms with Gasteiger partial charge in [0.1, 0.15) is 17.7 Å². The van der Waals surface area contributed by atoms with Gasteiger partial charge < -0.3 is 15.0 Å². The number of pyridine rings is 1. The summed E-state index contributed by atoms with van der Waals surface area (Å²) in [5.74, 6) is -0.828. The van der Waals surface area contributed by atoms with Crippen molar-refractivity contribution in [2.75, 3.05) is 30.8 Å². The first-order chi connectivity index (χ1) is 20.3. The molecule has 2 aromatic carbocycles. The molecule has 0 radical (unpaired) electrons. The van der Waals surface area contributed by atoms with Crippen molar-refractivity contribution < 1.29 is 18.7 Å². The largest absolute Gasteiger partial charge is 0.377 e. The van der Waals surface area contributed by atoms with E-state index in [1.165, 1.54) is 17.2 Å². The van der Waals surface area contributed by atoms with E-state index in [0.29, 0.717) is 23.2 Å². The van der Waals surface area contributed by atoms with E-state index in [1.807, 2.05) is 32.2 Å². The molecule has 42 heavy (non-hydrogen) atoms. The molecule has 2 heterocycles. The maximum Gasteiger partial charge on any atom is 0.323 e. The van der Waals surface area contributed by atoms with E-state index < -0.39 is 23.8 Å². The van der Waals surface area contributed by atoms with Crippen LogP contribution in [-0.4, -0.2) is 65.1 Å². The van der Waals surface area contributed by atoms with Crippen molar-refractivity contribution in [1.29, 1.82) is 5.26 Å². The lowest BCUT2D eigenvalue weighted by Gasteiger charge is -2.30. The SMILES string of the molecule is CCO[C@@H]1C[C@H](C(=O)Nc2cc(C(c3cccc(C#N)c3)N(C)C3CC3)ccc2F)N(C(=O)Nc2ccc(Cl)cn2)C1. The van der Waals surface area contributed by atoms with E-state index in [1.54, 1.807) is 30.3 Å². The fourth-order valence-electron chi connectivity index (χ4n) is 5.42. The van der Waals surface area contributed by atoms with Gasteiger partial charge in [0.25, 0.3) is 0 Å². The van der Waals surface area contributed by atoms with Crippen molar-refractivity contribution >= 4 is 35.0 Å². The highest BCUT2D eigenvalue weighted by Crippen LogP contribution is 2.38. The summed E-state index contributed by atoms with van der Waals surface area (Å²) >= 11 is 5.90. The fourth-order valence-corrected chi connectivity index (χ4v) is 5.53. The number of benzene rings is 2. The molecule has 11 heteroatoms. The summed E-state index contributed by atoms with van der Waals surface area (Å²) in [5.41, 5.74) is 2.23. The molecule has 1 saturated heterocycles. The molecule has 1 unspecified atom stereocenters. The first kappa shape index (κ1) is 29.5. The van der Waals surface area contributed by atoms with E-state index in [4.69, 9.17) is 16.3 Å². The number of nitrogens with zero attached hydrogens (tertiary/aromatic N) is 4. The van der Waals surface area contributed by atoms with E-state index in [9.17, 15) is 14.9 Å². The third kappa shape index (κ3) is 6.71. The van der Waals surface area contributed by atoms with Crippen LogP contribution in [0.5, 0.6) is 0 Å². The first-order valence-corrected chi connectivity index (χ1v) is 14.3. The predicted molar refractivity (Wildman–Crippen MR) is 158 cm³/mol. The summed E-state index contributed by atoms with van der Waals surface area (Å²) in [4.78, 5) is 34.5. The number of halogens is 2. The second-order valence-corrected chi connectivity index (χ2v) is 11.0. The summed E-state index contributed by atoms with van der Waals surface area (Å²) in [7, 11) is 2.02. The van der Waals surface area contributed by atoms with Crippen LogP contribution in [0.2, 0.25) is 5.02 Å². The molecule has 2 N–H and O–H groups in total. The molecule has 3 atom stereocenters. The number of urea groups is 1. The molecular formula is C31H32ClFN6O3. The Kier molecular flexibility index (Phi) is 9.02. The lowest BCUT2D eigenvalue weighted by Crippen LogP contribution is -2.45. The van der Waals surface area contributed by atoms with Gasteiger partial charge in [0.15, 0.2) is 0 Å². The number of nitriles is 1. The zero-order chi connectivity index (χ0) is 29.8. The first-order valence-electron chi connectivity index (χ1n) is 13.9. The molecule has 1 saturated carbocycles. The lowest BCUT2D eigenvalue weighted by molar-refractivity contribution is -0.119. The lowest BCUT2D eigenvalue weighted by atomic mass is 9.95. The summed E-state index contributed by atoms with van der Waals surface area (Å²) in [5, 5.41) is 15.3. The number of amides is 3. The van der Waals surface area contributed by atoms with Crippen LogP contribution in [0, 0.1) is 17.1 Å². The third-order valence-corrected chi connectivity index (χ3v) is 7.84. The Balaban J connectivity index is 1.39. The summed E-state index contributed by atoms with van der Waals surface area (Å²) < 4.78 is 20.9. The Morgan fingerprint density at radius 1 is 1.19 bits per heavy atom. The van der Waals surface area contributed by atoms with Crippen LogP contribution in [0.4, 0.5) is 20.7 Å². The Bertz CT molecular complexity index is 1490. The summed E-state index contributed by atoms with van der Waals surface area (Å²) in [6, 6.07) is 16.1. The van der Waals surface area contributed by atoms with Gasteiger partial charge in [0.05, 0.1) is 34.5 Å². The number of hydrogen-bond acceptors (Lipinski definition) is 6. The van der Waals surface area contributed by atoms with E-state index >= 15 is 4.39 Å². The van der Waals surface area contributed by atoms with E-state index in [2.05, 4.69) is 26.6 Å². The molecule has 2 aliphatic rings. The molecule has 0 spiro atoms. The molecule has 5 rings (SSSR count). The maximum atomic E-state index is 15.1. The van der Waals surface area contributed by atoms with Gasteiger partial charge in [0, 0.05) is 31.8 Å². The summed E-state index contributed by atoms with van der Waals surface area (Å²) in [6.07, 6.45) is 3.43. The zero-order valence-corrected chi connectivity index (χ0v) is 24.1. The van der Waals surface area contributed by atoms with Crippen LogP contribution in [-0.2, 0) is 9.53 Å². The van der Waals surface area contributed by atoms with Crippen LogP contribution in [0.1, 0.15) is 48.9 Å². The molecule has 218 valence electrons. The highest BCUT2D eigenvalue weighted by molar-refractivity contribution is 6.30. The van der Waals surface area contributed by atoms with E-state index in [0.717, 1.165) is 24.0 Å². The van der Waals surface area contributed by atoms with Crippen molar-refractivity contribution in [2.24, 2.45) is 0 Å². The number of ether oxygens (including phenoxy) is 1. The zero-order valence-electron chi connectivity index (χ0n) is 23.4. The topological polar surface area (TPSA) is 111 Å². The van der Waals surface area contributed by atoms with Crippen LogP contribution >= 0.6 is 11.6 Å². The molecule has 3 amide bonds. The van der Waals surface area contributed by atoms with Crippen LogP contribution in [0.25, 0.3) is 0 Å². The second kappa shape index (κ2) is 12.9. The number of aromatic nitrogens is 1. The Morgan fingerprint density at radius 3 is 2.67 bits per heavy atom. The number of anilines is 2. The average Bonchev–Trinajstić information content (AvgIpc) is 3.75. The fraction of sp³-hybridized carbons (Fsp3) is 0.355. The number of likely N-dealkylation sites (tertiary alicyclic amines) is 1. The molecule has 2 fully saturated rings. The standard InChI is InChI=1S/C31H32ClFN6O3/c1-3-42-24-15-27(39(18-24)31(41)37-28-12-8-22(32)17-35-28)30(40)36-26-14-21(7-11-25(26)33)29(38(2)23-9-10-23)20-6-4-5-19(13-20)16-34/h4-8,11-14,17,23-24,27,29H,3,9-10,15,18H2,1-2H3,(H,36,40)(H,35,37,41)/t24-,27-,29?/m1/s1. The van der Waals surface area contributed by atoms with Crippen molar-refractivity contribution in [1.82, 2.24) is 14.8 Å². The minimum atomic E-state index is -0.894. The quantitative estimate of drug-likeness (QED) is 0.337. The molecule has 1 aromatic heterocycles. The van der Waals surface area contributed by atoms with Gasteiger partial charge >= 0.3 is 6.03 Å². The van der Waals surface area contributed by atoms with Gasteiger partial charge in [-0.05, 0) is 74.3 Å². The monoisotopic (exact) mass is 590 g/mol. The van der Waals surface area contributed by atoms with Gasteiger partial charge in [-0.1, -0.05) is 29.8 Å². The van der Waals surface area contributed by atoms with Crippen molar-refractivity contribution in [2.45, 2.75) is 50.4 Å². The highest BCUT2D eigenvalue weighted by atomic mass is 35.5. The molecule has 3 aromatic rings. The van der Waals surface area contributed by atoms with Gasteiger partial charge in [-0.2, -0.15) is 5.26 Å². The number of rotatable bonds is 9. The predicted octanol–water partition coefficient (Wildman–Crippen LogP) is 5.58. The molecule has 9 nitrogen and oxygen atoms in total. The Labute approximate surface area is 249 Å². The normalized spacial score (nSPS) is 18.9. The van der Waals surface area contributed by atoms with Crippen LogP contribution < -0.4 is 10.6 Å². The van der Waals surface area contributed by atoms with Crippen LogP contribution in [0.15, 0.2) is 60.8 Å². The highest BCUT2D eigenvalue weighted by Gasteiger charge is 2.41. The van der Waals surface area contributed by atoms with Crippen molar-refractivity contribution in [3.8, 4) is 6.07 Å². The Hall–Kier alpha value is -4.04. The average molecular weight is 591 g/mol. The van der Waals surface area contributed by atoms with E-state index in [-0.39, 0.29) is 36.6 Å². The Morgan fingerprint density at radius 2 is 1.98 bits per heavy atom. The van der Waals surface area contributed by atoms with Gasteiger partial charge in [-0.15, -0.1) is 0 Å².